The Morgan fingerprint density at radius 1 is 1.30 bits per heavy atom. The van der Waals surface area contributed by atoms with E-state index in [1.165, 1.54) is 10.5 Å². The summed E-state index contributed by atoms with van der Waals surface area (Å²) in [6, 6.07) is 13.7. The lowest BCUT2D eigenvalue weighted by molar-refractivity contribution is -0.124. The number of hydrogen-bond donors (Lipinski definition) is 0. The number of nitrogens with zero attached hydrogens (tertiary/aromatic N) is 2. The molecule has 0 radical (unpaired) electrons. The van der Waals surface area contributed by atoms with E-state index in [1.807, 2.05) is 37.3 Å². The van der Waals surface area contributed by atoms with Crippen molar-refractivity contribution >= 4 is 34.6 Å². The molecule has 2 rings (SSSR count). The summed E-state index contributed by atoms with van der Waals surface area (Å²) in [5.41, 5.74) is 3.00. The van der Waals surface area contributed by atoms with Gasteiger partial charge in [-0.1, -0.05) is 29.8 Å². The van der Waals surface area contributed by atoms with Gasteiger partial charge < -0.3 is 14.4 Å². The smallest absolute Gasteiger partial charge is 0.264 e. The Balaban J connectivity index is 2.31. The predicted octanol–water partition coefficient (Wildman–Crippen LogP) is 4.18. The largest absolute Gasteiger partial charge is 0.493 e. The third kappa shape index (κ3) is 5.47. The molecule has 6 heteroatoms. The third-order valence-electron chi connectivity index (χ3n) is 3.79. The average molecular weight is 476 g/mol. The molecule has 0 bridgehead atoms. The zero-order chi connectivity index (χ0) is 20.0. The van der Waals surface area contributed by atoms with E-state index in [0.29, 0.717) is 23.7 Å². The van der Waals surface area contributed by atoms with Crippen molar-refractivity contribution in [3.8, 4) is 17.6 Å². The number of rotatable bonds is 6. The van der Waals surface area contributed by atoms with Crippen LogP contribution in [0.2, 0.25) is 0 Å². The number of methoxy groups -OCH3 is 1. The van der Waals surface area contributed by atoms with Crippen molar-refractivity contribution in [1.82, 2.24) is 4.90 Å². The Hall–Kier alpha value is -2.53. The molecule has 0 saturated carbocycles. The maximum absolute atomic E-state index is 12.0. The van der Waals surface area contributed by atoms with E-state index >= 15 is 0 Å². The second-order valence-electron chi connectivity index (χ2n) is 6.18. The topological polar surface area (TPSA) is 62.6 Å². The molecule has 0 N–H and O–H groups in total. The SMILES string of the molecule is COc1cc(/C=C(/C#N)C(=O)N(C)C)cc(I)c1OCc1cccc(C)c1. The molecule has 0 spiro atoms. The average Bonchev–Trinajstić information content (AvgIpc) is 2.64. The lowest BCUT2D eigenvalue weighted by atomic mass is 10.1. The first kappa shape index (κ1) is 20.8. The van der Waals surface area contributed by atoms with Gasteiger partial charge in [0.25, 0.3) is 5.91 Å². The Kier molecular flexibility index (Phi) is 7.25. The van der Waals surface area contributed by atoms with Crippen molar-refractivity contribution < 1.29 is 14.3 Å². The van der Waals surface area contributed by atoms with Crippen molar-refractivity contribution in [2.24, 2.45) is 0 Å². The van der Waals surface area contributed by atoms with Crippen LogP contribution in [0.15, 0.2) is 42.0 Å². The zero-order valence-corrected chi connectivity index (χ0v) is 17.9. The number of likely N-dealkylation sites (N-methyl/N-ethyl adjacent to an activating group) is 1. The van der Waals surface area contributed by atoms with Crippen molar-refractivity contribution in [3.63, 3.8) is 0 Å². The van der Waals surface area contributed by atoms with Gasteiger partial charge in [-0.25, -0.2) is 0 Å². The van der Waals surface area contributed by atoms with E-state index in [0.717, 1.165) is 9.13 Å². The molecule has 0 aliphatic carbocycles. The van der Waals surface area contributed by atoms with Crippen LogP contribution in [-0.2, 0) is 11.4 Å². The second kappa shape index (κ2) is 9.42. The fraction of sp³-hybridized carbons (Fsp3) is 0.238. The van der Waals surface area contributed by atoms with Gasteiger partial charge in [0.1, 0.15) is 18.2 Å². The number of hydrogen-bond acceptors (Lipinski definition) is 4. The quantitative estimate of drug-likeness (QED) is 0.357. The van der Waals surface area contributed by atoms with Crippen molar-refractivity contribution in [3.05, 3.63) is 62.2 Å². The molecular formula is C21H21IN2O3. The molecule has 5 nitrogen and oxygen atoms in total. The highest BCUT2D eigenvalue weighted by atomic mass is 127. The van der Waals surface area contributed by atoms with E-state index < -0.39 is 0 Å². The molecule has 0 aliphatic heterocycles. The molecular weight excluding hydrogens is 455 g/mol. The molecule has 0 atom stereocenters. The Bertz CT molecular complexity index is 914. The highest BCUT2D eigenvalue weighted by Gasteiger charge is 2.15. The summed E-state index contributed by atoms with van der Waals surface area (Å²) in [7, 11) is 4.79. The van der Waals surface area contributed by atoms with Crippen LogP contribution in [0.1, 0.15) is 16.7 Å². The van der Waals surface area contributed by atoms with Crippen molar-refractivity contribution in [1.29, 1.82) is 5.26 Å². The van der Waals surface area contributed by atoms with Crippen LogP contribution in [0.3, 0.4) is 0 Å². The highest BCUT2D eigenvalue weighted by molar-refractivity contribution is 14.1. The Labute approximate surface area is 173 Å². The van der Waals surface area contributed by atoms with E-state index in [-0.39, 0.29) is 11.5 Å². The molecule has 2 aromatic rings. The molecule has 27 heavy (non-hydrogen) atoms. The van der Waals surface area contributed by atoms with Gasteiger partial charge in [0.15, 0.2) is 11.5 Å². The number of amides is 1. The van der Waals surface area contributed by atoms with E-state index in [4.69, 9.17) is 9.47 Å². The molecule has 0 aromatic heterocycles. The minimum absolute atomic E-state index is 0.0614. The van der Waals surface area contributed by atoms with E-state index in [9.17, 15) is 10.1 Å². The molecule has 0 heterocycles. The molecule has 0 unspecified atom stereocenters. The van der Waals surface area contributed by atoms with Crippen molar-refractivity contribution in [2.45, 2.75) is 13.5 Å². The summed E-state index contributed by atoms with van der Waals surface area (Å²) in [5.74, 6) is 0.843. The van der Waals surface area contributed by atoms with Gasteiger partial charge in [-0.3, -0.25) is 4.79 Å². The van der Waals surface area contributed by atoms with Gasteiger partial charge in [0.05, 0.1) is 10.7 Å². The number of benzene rings is 2. The first-order valence-electron chi connectivity index (χ1n) is 8.25. The maximum Gasteiger partial charge on any atom is 0.264 e. The normalized spacial score (nSPS) is 10.9. The van der Waals surface area contributed by atoms with Gasteiger partial charge >= 0.3 is 0 Å². The van der Waals surface area contributed by atoms with Crippen LogP contribution in [0.25, 0.3) is 6.08 Å². The number of halogens is 1. The summed E-state index contributed by atoms with van der Waals surface area (Å²) >= 11 is 2.16. The van der Waals surface area contributed by atoms with Crippen molar-refractivity contribution in [2.75, 3.05) is 21.2 Å². The van der Waals surface area contributed by atoms with Crippen LogP contribution < -0.4 is 9.47 Å². The summed E-state index contributed by atoms with van der Waals surface area (Å²) in [6.45, 7) is 2.46. The van der Waals surface area contributed by atoms with Gasteiger partial charge in [-0.2, -0.15) is 5.26 Å². The summed E-state index contributed by atoms with van der Waals surface area (Å²) in [6.07, 6.45) is 1.55. The third-order valence-corrected chi connectivity index (χ3v) is 4.59. The lowest BCUT2D eigenvalue weighted by Crippen LogP contribution is -2.22. The monoisotopic (exact) mass is 476 g/mol. The molecule has 0 fully saturated rings. The first-order valence-corrected chi connectivity index (χ1v) is 9.33. The standard InChI is InChI=1S/C21H21IN2O3/c1-14-6-5-7-15(8-14)13-27-20-18(22)10-16(11-19(20)26-4)9-17(12-23)21(25)24(2)3/h5-11H,13H2,1-4H3/b17-9-. The number of carbonyl (C=O) groups excluding carboxylic acids is 1. The predicted molar refractivity (Wildman–Crippen MR) is 114 cm³/mol. The van der Waals surface area contributed by atoms with Crippen LogP contribution in [0, 0.1) is 21.8 Å². The van der Waals surface area contributed by atoms with Gasteiger partial charge in [0, 0.05) is 14.1 Å². The second-order valence-corrected chi connectivity index (χ2v) is 7.34. The summed E-state index contributed by atoms with van der Waals surface area (Å²) < 4.78 is 12.3. The fourth-order valence-electron chi connectivity index (χ4n) is 2.47. The zero-order valence-electron chi connectivity index (χ0n) is 15.7. The summed E-state index contributed by atoms with van der Waals surface area (Å²) in [4.78, 5) is 13.4. The molecule has 2 aromatic carbocycles. The van der Waals surface area contributed by atoms with Crippen LogP contribution in [-0.4, -0.2) is 32.0 Å². The number of aryl methyl sites for hydroxylation is 1. The van der Waals surface area contributed by atoms with Crippen LogP contribution in [0.5, 0.6) is 11.5 Å². The lowest BCUT2D eigenvalue weighted by Gasteiger charge is -2.14. The van der Waals surface area contributed by atoms with Crippen LogP contribution >= 0.6 is 22.6 Å². The molecule has 0 saturated heterocycles. The minimum Gasteiger partial charge on any atom is -0.493 e. The number of ether oxygens (including phenoxy) is 2. The summed E-state index contributed by atoms with van der Waals surface area (Å²) in [5, 5.41) is 9.27. The van der Waals surface area contributed by atoms with Gasteiger partial charge in [-0.05, 0) is 58.9 Å². The first-order chi connectivity index (χ1) is 12.8. The molecule has 1 amide bonds. The molecule has 0 aliphatic rings. The van der Waals surface area contributed by atoms with Crippen LogP contribution in [0.4, 0.5) is 0 Å². The Morgan fingerprint density at radius 3 is 2.63 bits per heavy atom. The van der Waals surface area contributed by atoms with Gasteiger partial charge in [-0.15, -0.1) is 0 Å². The Morgan fingerprint density at radius 2 is 2.04 bits per heavy atom. The minimum atomic E-state index is -0.341. The highest BCUT2D eigenvalue weighted by Crippen LogP contribution is 2.35. The molecule has 140 valence electrons. The van der Waals surface area contributed by atoms with Gasteiger partial charge in [0.2, 0.25) is 0 Å². The number of nitriles is 1. The van der Waals surface area contributed by atoms with E-state index in [2.05, 4.69) is 28.7 Å². The fourth-order valence-corrected chi connectivity index (χ4v) is 3.25. The number of carbonyl (C=O) groups is 1. The maximum atomic E-state index is 12.0. The van der Waals surface area contributed by atoms with E-state index in [1.54, 1.807) is 33.3 Å².